The molecule has 1 N–H and O–H groups in total. The minimum absolute atomic E-state index is 0.0110. The monoisotopic (exact) mass is 372 g/mol. The van der Waals surface area contributed by atoms with E-state index >= 15 is 0 Å². The molecule has 0 aliphatic carbocycles. The molecule has 0 bridgehead atoms. The minimum atomic E-state index is -0.0110. The van der Waals surface area contributed by atoms with E-state index in [1.54, 1.807) is 6.26 Å². The third kappa shape index (κ3) is 4.11. The van der Waals surface area contributed by atoms with E-state index in [1.165, 1.54) is 11.8 Å². The summed E-state index contributed by atoms with van der Waals surface area (Å²) in [5.41, 5.74) is 2.06. The summed E-state index contributed by atoms with van der Waals surface area (Å²) in [4.78, 5) is 19.0. The number of nitrogens with zero attached hydrogens (tertiary/aromatic N) is 3. The Hall–Kier alpha value is -2.25. The molecule has 3 rings (SSSR count). The normalized spacial score (nSPS) is 12.6. The first-order valence-corrected chi connectivity index (χ1v) is 9.63. The van der Waals surface area contributed by atoms with Gasteiger partial charge in [0, 0.05) is 13.1 Å². The number of likely N-dealkylation sites (N-methyl/N-ethyl adjacent to an activating group) is 1. The highest BCUT2D eigenvalue weighted by Crippen LogP contribution is 2.24. The second kappa shape index (κ2) is 8.42. The zero-order valence-corrected chi connectivity index (χ0v) is 16.1. The van der Waals surface area contributed by atoms with Gasteiger partial charge < -0.3 is 14.3 Å². The van der Waals surface area contributed by atoms with Crippen molar-refractivity contribution in [3.63, 3.8) is 0 Å². The van der Waals surface area contributed by atoms with Gasteiger partial charge in [-0.05, 0) is 45.3 Å². The number of fused-ring (bicyclic) bond motifs is 1. The molecule has 1 aromatic carbocycles. The molecule has 0 saturated carbocycles. The molecule has 2 heterocycles. The van der Waals surface area contributed by atoms with Crippen LogP contribution in [0.15, 0.2) is 52.2 Å². The number of furan rings is 1. The van der Waals surface area contributed by atoms with Crippen LogP contribution >= 0.6 is 11.8 Å². The van der Waals surface area contributed by atoms with Gasteiger partial charge in [0.25, 0.3) is 0 Å². The third-order valence-electron chi connectivity index (χ3n) is 4.26. The summed E-state index contributed by atoms with van der Waals surface area (Å²) in [5, 5.41) is 3.87. The average Bonchev–Trinajstić information content (AvgIpc) is 3.27. The van der Waals surface area contributed by atoms with Crippen LogP contribution in [0.2, 0.25) is 0 Å². The summed E-state index contributed by atoms with van der Waals surface area (Å²) in [5.74, 6) is 1.17. The number of carbonyl (C=O) groups is 1. The third-order valence-corrected chi connectivity index (χ3v) is 5.23. The van der Waals surface area contributed by atoms with Gasteiger partial charge in [-0.15, -0.1) is 0 Å². The first-order valence-electron chi connectivity index (χ1n) is 8.64. The summed E-state index contributed by atoms with van der Waals surface area (Å²) < 4.78 is 7.61. The van der Waals surface area contributed by atoms with E-state index in [2.05, 4.69) is 27.9 Å². The highest BCUT2D eigenvalue weighted by Gasteiger charge is 2.18. The number of amides is 1. The number of benzene rings is 1. The maximum absolute atomic E-state index is 12.3. The smallest absolute Gasteiger partial charge is 0.230 e. The molecule has 0 aliphatic heterocycles. The molecule has 3 aromatic rings. The van der Waals surface area contributed by atoms with Gasteiger partial charge in [0.15, 0.2) is 5.16 Å². The zero-order valence-electron chi connectivity index (χ0n) is 15.3. The lowest BCUT2D eigenvalue weighted by Gasteiger charge is -2.22. The van der Waals surface area contributed by atoms with E-state index in [0.717, 1.165) is 28.5 Å². The van der Waals surface area contributed by atoms with Crippen LogP contribution in [0.3, 0.4) is 0 Å². The summed E-state index contributed by atoms with van der Waals surface area (Å²) in [6, 6.07) is 11.8. The van der Waals surface area contributed by atoms with Crippen molar-refractivity contribution in [2.24, 2.45) is 0 Å². The van der Waals surface area contributed by atoms with E-state index < -0.39 is 0 Å². The summed E-state index contributed by atoms with van der Waals surface area (Å²) in [7, 11) is 3.94. The van der Waals surface area contributed by atoms with Gasteiger partial charge in [-0.3, -0.25) is 9.69 Å². The van der Waals surface area contributed by atoms with Crippen molar-refractivity contribution < 1.29 is 9.21 Å². The first kappa shape index (κ1) is 18.5. The number of thioether (sulfide) groups is 1. The van der Waals surface area contributed by atoms with Crippen LogP contribution in [0, 0.1) is 0 Å². The van der Waals surface area contributed by atoms with Crippen LogP contribution in [0.25, 0.3) is 11.0 Å². The SMILES string of the molecule is CCn1c(SCC(=O)NC[C@@H](c2ccco2)N(C)C)nc2ccccc21. The van der Waals surface area contributed by atoms with Crippen LogP contribution in [-0.2, 0) is 11.3 Å². The summed E-state index contributed by atoms with van der Waals surface area (Å²) in [6.45, 7) is 3.42. The molecule has 7 heteroatoms. The average molecular weight is 372 g/mol. The fourth-order valence-electron chi connectivity index (χ4n) is 2.88. The molecule has 2 aromatic heterocycles. The molecule has 0 saturated heterocycles. The molecule has 6 nitrogen and oxygen atoms in total. The molecule has 138 valence electrons. The number of carbonyl (C=O) groups excluding carboxylic acids is 1. The highest BCUT2D eigenvalue weighted by molar-refractivity contribution is 7.99. The van der Waals surface area contributed by atoms with E-state index in [9.17, 15) is 4.79 Å². The van der Waals surface area contributed by atoms with Gasteiger partial charge in [0.1, 0.15) is 5.76 Å². The number of hydrogen-bond donors (Lipinski definition) is 1. The molecule has 0 unspecified atom stereocenters. The highest BCUT2D eigenvalue weighted by atomic mass is 32.2. The summed E-state index contributed by atoms with van der Waals surface area (Å²) in [6.07, 6.45) is 1.65. The molecule has 1 amide bonds. The maximum atomic E-state index is 12.3. The fourth-order valence-corrected chi connectivity index (χ4v) is 3.79. The predicted octanol–water partition coefficient (Wildman–Crippen LogP) is 3.16. The standard InChI is InChI=1S/C19H24N4O2S/c1-4-23-15-9-6-5-8-14(15)21-19(23)26-13-18(24)20-12-16(22(2)3)17-10-7-11-25-17/h5-11,16H,4,12-13H2,1-3H3,(H,20,24)/t16-/m0/s1. The second-order valence-electron chi connectivity index (χ2n) is 6.21. The van der Waals surface area contributed by atoms with Gasteiger partial charge in [-0.1, -0.05) is 23.9 Å². The van der Waals surface area contributed by atoms with Crippen LogP contribution in [-0.4, -0.2) is 46.8 Å². The molecule has 0 fully saturated rings. The van der Waals surface area contributed by atoms with Gasteiger partial charge in [0.2, 0.25) is 5.91 Å². The predicted molar refractivity (Wildman–Crippen MR) is 104 cm³/mol. The van der Waals surface area contributed by atoms with E-state index in [4.69, 9.17) is 4.42 Å². The van der Waals surface area contributed by atoms with Crippen molar-refractivity contribution in [1.82, 2.24) is 19.8 Å². The Morgan fingerprint density at radius 1 is 1.31 bits per heavy atom. The number of rotatable bonds is 8. The molecular weight excluding hydrogens is 348 g/mol. The lowest BCUT2D eigenvalue weighted by molar-refractivity contribution is -0.118. The lowest BCUT2D eigenvalue weighted by Crippen LogP contribution is -2.35. The number of hydrogen-bond acceptors (Lipinski definition) is 5. The van der Waals surface area contributed by atoms with Gasteiger partial charge in [-0.25, -0.2) is 4.98 Å². The molecule has 26 heavy (non-hydrogen) atoms. The van der Waals surface area contributed by atoms with Crippen LogP contribution in [0.1, 0.15) is 18.7 Å². The van der Waals surface area contributed by atoms with E-state index in [0.29, 0.717) is 12.3 Å². The van der Waals surface area contributed by atoms with Crippen LogP contribution in [0.5, 0.6) is 0 Å². The molecule has 0 spiro atoms. The first-order chi connectivity index (χ1) is 12.6. The van der Waals surface area contributed by atoms with Crippen molar-refractivity contribution >= 4 is 28.7 Å². The quantitative estimate of drug-likeness (QED) is 0.616. The van der Waals surface area contributed by atoms with Crippen molar-refractivity contribution in [3.05, 3.63) is 48.4 Å². The van der Waals surface area contributed by atoms with Crippen molar-refractivity contribution in [3.8, 4) is 0 Å². The minimum Gasteiger partial charge on any atom is -0.468 e. The molecule has 0 radical (unpaired) electrons. The second-order valence-corrected chi connectivity index (χ2v) is 7.16. The van der Waals surface area contributed by atoms with E-state index in [-0.39, 0.29) is 11.9 Å². The Morgan fingerprint density at radius 2 is 2.12 bits per heavy atom. The van der Waals surface area contributed by atoms with Crippen molar-refractivity contribution in [2.75, 3.05) is 26.4 Å². The van der Waals surface area contributed by atoms with Gasteiger partial charge >= 0.3 is 0 Å². The van der Waals surface area contributed by atoms with Crippen LogP contribution in [0.4, 0.5) is 0 Å². The number of aryl methyl sites for hydroxylation is 1. The van der Waals surface area contributed by atoms with Crippen molar-refractivity contribution in [2.45, 2.75) is 24.7 Å². The van der Waals surface area contributed by atoms with Gasteiger partial charge in [0.05, 0.1) is 29.1 Å². The fraction of sp³-hybridized carbons (Fsp3) is 0.368. The largest absolute Gasteiger partial charge is 0.468 e. The number of para-hydroxylation sites is 2. The van der Waals surface area contributed by atoms with Gasteiger partial charge in [-0.2, -0.15) is 0 Å². The molecule has 1 atom stereocenters. The Morgan fingerprint density at radius 3 is 2.81 bits per heavy atom. The number of nitrogens with one attached hydrogen (secondary N) is 1. The summed E-state index contributed by atoms with van der Waals surface area (Å²) >= 11 is 1.47. The Kier molecular flexibility index (Phi) is 6.00. The number of aromatic nitrogens is 2. The number of imidazole rings is 1. The maximum Gasteiger partial charge on any atom is 0.230 e. The van der Waals surface area contributed by atoms with Crippen molar-refractivity contribution in [1.29, 1.82) is 0 Å². The molecule has 0 aliphatic rings. The topological polar surface area (TPSA) is 63.3 Å². The van der Waals surface area contributed by atoms with Crippen LogP contribution < -0.4 is 5.32 Å². The lowest BCUT2D eigenvalue weighted by atomic mass is 10.2. The Bertz CT molecular complexity index is 858. The Labute approximate surface area is 157 Å². The van der Waals surface area contributed by atoms with E-state index in [1.807, 2.05) is 49.3 Å². The molecular formula is C19H24N4O2S. The zero-order chi connectivity index (χ0) is 18.5. The Balaban J connectivity index is 1.59.